The lowest BCUT2D eigenvalue weighted by atomic mass is 9.75. The van der Waals surface area contributed by atoms with Gasteiger partial charge in [-0.3, -0.25) is 19.2 Å². The van der Waals surface area contributed by atoms with E-state index >= 15 is 0 Å². The molecule has 2 aromatic rings. The van der Waals surface area contributed by atoms with E-state index in [9.17, 15) is 19.2 Å². The molecule has 1 spiro atoms. The fourth-order valence-corrected chi connectivity index (χ4v) is 6.72. The molecule has 2 fully saturated rings. The number of anilines is 1. The molecular weight excluding hydrogens is 554 g/mol. The van der Waals surface area contributed by atoms with Crippen LogP contribution in [0.5, 0.6) is 0 Å². The maximum Gasteiger partial charge on any atom is 0.246 e. The normalized spacial score (nSPS) is 19.5. The van der Waals surface area contributed by atoms with E-state index in [1.54, 1.807) is 23.1 Å². The molecule has 2 aromatic carbocycles. The average Bonchev–Trinajstić information content (AvgIpc) is 3.43. The molecule has 4 N–H and O–H groups in total. The van der Waals surface area contributed by atoms with Gasteiger partial charge >= 0.3 is 0 Å². The van der Waals surface area contributed by atoms with Gasteiger partial charge in [0.15, 0.2) is 0 Å². The maximum absolute atomic E-state index is 13.7. The van der Waals surface area contributed by atoms with Crippen LogP contribution in [0.1, 0.15) is 68.1 Å². The van der Waals surface area contributed by atoms with E-state index < -0.39 is 23.9 Å². The first kappa shape index (κ1) is 30.0. The van der Waals surface area contributed by atoms with Gasteiger partial charge in [-0.25, -0.2) is 0 Å². The lowest BCUT2D eigenvalue weighted by molar-refractivity contribution is -0.145. The van der Waals surface area contributed by atoms with Gasteiger partial charge in [-0.15, -0.1) is 0 Å². The van der Waals surface area contributed by atoms with Crippen LogP contribution in [0.3, 0.4) is 0 Å². The van der Waals surface area contributed by atoms with Crippen molar-refractivity contribution >= 4 is 40.9 Å². The molecule has 1 saturated heterocycles. The Morgan fingerprint density at radius 2 is 1.74 bits per heavy atom. The number of nitrogens with zero attached hydrogens (tertiary/aromatic N) is 2. The molecule has 0 unspecified atom stereocenters. The second-order valence-corrected chi connectivity index (χ2v) is 12.2. The van der Waals surface area contributed by atoms with Gasteiger partial charge in [0.05, 0.1) is 0 Å². The molecule has 1 saturated carbocycles. The molecule has 10 heteroatoms. The molecular formula is C32H40ClN5O4. The van der Waals surface area contributed by atoms with Gasteiger partial charge in [-0.2, -0.15) is 0 Å². The number of nitrogens with one attached hydrogen (secondary N) is 2. The zero-order valence-corrected chi connectivity index (χ0v) is 24.9. The number of fused-ring (bicyclic) bond motifs is 1. The summed E-state index contributed by atoms with van der Waals surface area (Å²) in [4.78, 5) is 57.2. The number of rotatable bonds is 9. The third kappa shape index (κ3) is 6.32. The summed E-state index contributed by atoms with van der Waals surface area (Å²) in [6.07, 6.45) is 6.03. The van der Waals surface area contributed by atoms with Crippen LogP contribution < -0.4 is 16.4 Å². The Bertz CT molecular complexity index is 1360. The lowest BCUT2D eigenvalue weighted by Crippen LogP contribution is -2.56. The Morgan fingerprint density at radius 1 is 1.02 bits per heavy atom. The largest absolute Gasteiger partial charge is 0.342 e. The first-order valence-corrected chi connectivity index (χ1v) is 15.3. The van der Waals surface area contributed by atoms with Crippen LogP contribution in [0.4, 0.5) is 5.69 Å². The molecule has 224 valence electrons. The minimum atomic E-state index is -0.886. The number of aryl methyl sites for hydroxylation is 1. The average molecular weight is 594 g/mol. The number of amides is 4. The fourth-order valence-electron chi connectivity index (χ4n) is 6.60. The summed E-state index contributed by atoms with van der Waals surface area (Å²) in [7, 11) is 0. The summed E-state index contributed by atoms with van der Waals surface area (Å²) in [6, 6.07) is 11.2. The van der Waals surface area contributed by atoms with Gasteiger partial charge in [0.2, 0.25) is 23.6 Å². The number of hydrogen-bond acceptors (Lipinski definition) is 5. The van der Waals surface area contributed by atoms with E-state index in [4.69, 9.17) is 17.3 Å². The number of nitrogens with two attached hydrogens (primary N) is 1. The molecule has 0 aromatic heterocycles. The van der Waals surface area contributed by atoms with Crippen LogP contribution >= 0.6 is 11.6 Å². The molecule has 4 amide bonds. The number of benzene rings is 2. The summed E-state index contributed by atoms with van der Waals surface area (Å²) >= 11 is 6.11. The molecule has 3 aliphatic rings. The second-order valence-electron chi connectivity index (χ2n) is 11.8. The molecule has 5 rings (SSSR count). The minimum absolute atomic E-state index is 0.00982. The highest BCUT2D eigenvalue weighted by Crippen LogP contribution is 2.45. The number of hydrogen-bond donors (Lipinski definition) is 3. The monoisotopic (exact) mass is 593 g/mol. The molecule has 2 aliphatic heterocycles. The van der Waals surface area contributed by atoms with E-state index in [0.717, 1.165) is 55.3 Å². The zero-order valence-electron chi connectivity index (χ0n) is 24.2. The van der Waals surface area contributed by atoms with Gasteiger partial charge in [0.1, 0.15) is 12.1 Å². The van der Waals surface area contributed by atoms with E-state index in [-0.39, 0.29) is 49.7 Å². The van der Waals surface area contributed by atoms with E-state index in [1.807, 2.05) is 36.1 Å². The summed E-state index contributed by atoms with van der Waals surface area (Å²) < 4.78 is 0. The molecule has 2 heterocycles. The molecule has 0 radical (unpaired) electrons. The van der Waals surface area contributed by atoms with Crippen LogP contribution in [0.2, 0.25) is 5.02 Å². The zero-order chi connectivity index (χ0) is 29.9. The Labute approximate surface area is 252 Å². The van der Waals surface area contributed by atoms with Gasteiger partial charge in [0.25, 0.3) is 0 Å². The number of carbonyl (C=O) groups is 4. The van der Waals surface area contributed by atoms with E-state index in [0.29, 0.717) is 17.1 Å². The topological polar surface area (TPSA) is 125 Å². The molecule has 1 aliphatic carbocycles. The van der Waals surface area contributed by atoms with Crippen LogP contribution in [0.15, 0.2) is 42.5 Å². The van der Waals surface area contributed by atoms with Gasteiger partial charge in [0, 0.05) is 48.6 Å². The third-order valence-corrected chi connectivity index (χ3v) is 9.54. The number of carbonyl (C=O) groups excluding carboxylic acids is 4. The molecule has 9 nitrogen and oxygen atoms in total. The van der Waals surface area contributed by atoms with Crippen molar-refractivity contribution < 1.29 is 19.2 Å². The van der Waals surface area contributed by atoms with Crippen molar-refractivity contribution in [1.29, 1.82) is 0 Å². The number of halogens is 1. The van der Waals surface area contributed by atoms with Crippen molar-refractivity contribution in [2.75, 3.05) is 18.4 Å². The maximum atomic E-state index is 13.7. The highest BCUT2D eigenvalue weighted by atomic mass is 35.5. The van der Waals surface area contributed by atoms with Crippen LogP contribution in [0, 0.1) is 6.92 Å². The number of likely N-dealkylation sites (tertiary alicyclic amines) is 1. The Hall–Kier alpha value is -3.43. The smallest absolute Gasteiger partial charge is 0.246 e. The Balaban J connectivity index is 1.28. The first-order valence-electron chi connectivity index (χ1n) is 14.9. The van der Waals surface area contributed by atoms with Crippen molar-refractivity contribution in [2.24, 2.45) is 5.73 Å². The van der Waals surface area contributed by atoms with Crippen molar-refractivity contribution in [3.63, 3.8) is 0 Å². The SMILES string of the molecule is Cc1cc(NC(=O)[C@H](CCN)NC(=O)[C@@H]2Cc3ccccc3CN2C(=O)CCC(=O)N2CCCC23CCC3)ccc1Cl. The highest BCUT2D eigenvalue weighted by molar-refractivity contribution is 6.31. The first-order chi connectivity index (χ1) is 20.2. The molecule has 0 bridgehead atoms. The van der Waals surface area contributed by atoms with Crippen molar-refractivity contribution in [2.45, 2.75) is 88.9 Å². The van der Waals surface area contributed by atoms with Crippen LogP contribution in [-0.2, 0) is 32.1 Å². The van der Waals surface area contributed by atoms with Gasteiger partial charge in [-0.1, -0.05) is 35.9 Å². The van der Waals surface area contributed by atoms with Crippen LogP contribution in [0.25, 0.3) is 0 Å². The third-order valence-electron chi connectivity index (χ3n) is 9.12. The predicted molar refractivity (Wildman–Crippen MR) is 162 cm³/mol. The standard InChI is InChI=1S/C32H40ClN5O4/c1-21-18-24(8-9-25(21)33)35-30(41)26(12-16-34)36-31(42)27-19-22-6-2-3-7-23(22)20-37(27)28(39)10-11-29(40)38-17-5-15-32(38)13-4-14-32/h2-3,6-9,18,26-27H,4-5,10-17,19-20,34H2,1H3,(H,35,41)(H,36,42)/t26-,27-/m0/s1. The summed E-state index contributed by atoms with van der Waals surface area (Å²) in [5.41, 5.74) is 9.15. The quantitative estimate of drug-likeness (QED) is 0.409. The summed E-state index contributed by atoms with van der Waals surface area (Å²) in [5, 5.41) is 6.29. The van der Waals surface area contributed by atoms with Crippen molar-refractivity contribution in [3.8, 4) is 0 Å². The van der Waals surface area contributed by atoms with E-state index in [1.165, 1.54) is 0 Å². The molecule has 42 heavy (non-hydrogen) atoms. The van der Waals surface area contributed by atoms with Gasteiger partial charge < -0.3 is 26.2 Å². The highest BCUT2D eigenvalue weighted by Gasteiger charge is 2.47. The predicted octanol–water partition coefficient (Wildman–Crippen LogP) is 3.70. The van der Waals surface area contributed by atoms with Crippen molar-refractivity contribution in [1.82, 2.24) is 15.1 Å². The lowest BCUT2D eigenvalue weighted by Gasteiger charge is -2.46. The van der Waals surface area contributed by atoms with Crippen LogP contribution in [-0.4, -0.2) is 64.1 Å². The fraction of sp³-hybridized carbons (Fsp3) is 0.500. The van der Waals surface area contributed by atoms with Crippen molar-refractivity contribution in [3.05, 3.63) is 64.2 Å². The van der Waals surface area contributed by atoms with E-state index in [2.05, 4.69) is 10.6 Å². The Kier molecular flexibility index (Phi) is 9.18. The van der Waals surface area contributed by atoms with Gasteiger partial charge in [-0.05, 0) is 86.9 Å². The second kappa shape index (κ2) is 12.8. The summed E-state index contributed by atoms with van der Waals surface area (Å²) in [5.74, 6) is -1.03. The Morgan fingerprint density at radius 3 is 2.43 bits per heavy atom. The summed E-state index contributed by atoms with van der Waals surface area (Å²) in [6.45, 7) is 3.06. The minimum Gasteiger partial charge on any atom is -0.342 e. The molecule has 2 atom stereocenters.